The lowest BCUT2D eigenvalue weighted by Crippen LogP contribution is -2.00. The summed E-state index contributed by atoms with van der Waals surface area (Å²) < 4.78 is 6.51. The van der Waals surface area contributed by atoms with Crippen LogP contribution in [-0.4, -0.2) is 19.9 Å². The lowest BCUT2D eigenvalue weighted by atomic mass is 9.97. The molecule has 0 aliphatic heterocycles. The maximum Gasteiger partial charge on any atom is 0.164 e. The number of para-hydroxylation sites is 2. The number of rotatable bonds is 6. The minimum absolute atomic E-state index is 0.578. The number of nitrogens with zero attached hydrogens (tertiary/aromatic N) is 4. The Bertz CT molecular complexity index is 3630. The molecule has 0 fully saturated rings. The zero-order chi connectivity index (χ0) is 40.3. The second-order valence-corrected chi connectivity index (χ2v) is 15.4. The largest absolute Gasteiger partial charge is 0.455 e. The Kier molecular flexibility index (Phi) is 8.10. The van der Waals surface area contributed by atoms with Crippen molar-refractivity contribution in [3.8, 4) is 67.7 Å². The van der Waals surface area contributed by atoms with Crippen molar-refractivity contribution >= 4 is 54.4 Å². The number of hydrogen-bond acceptors (Lipinski definition) is 5. The van der Waals surface area contributed by atoms with Gasteiger partial charge in [0.1, 0.15) is 11.2 Å². The summed E-state index contributed by atoms with van der Waals surface area (Å²) in [7, 11) is 0. The summed E-state index contributed by atoms with van der Waals surface area (Å²) in [6.45, 7) is 0. The lowest BCUT2D eigenvalue weighted by Gasteiger charge is -2.11. The van der Waals surface area contributed by atoms with Gasteiger partial charge in [-0.1, -0.05) is 176 Å². The monoisotopic (exact) mass is 778 g/mol. The molecule has 0 radical (unpaired) electrons. The number of aromatic nitrogens is 4. The predicted octanol–water partition coefficient (Wildman–Crippen LogP) is 14.6. The molecule has 0 aliphatic rings. The van der Waals surface area contributed by atoms with Crippen LogP contribution in [-0.2, 0) is 0 Å². The van der Waals surface area contributed by atoms with Gasteiger partial charge in [0.15, 0.2) is 17.5 Å². The van der Waals surface area contributed by atoms with E-state index >= 15 is 0 Å². The molecule has 61 heavy (non-hydrogen) atoms. The van der Waals surface area contributed by atoms with Crippen LogP contribution in [0.5, 0.6) is 0 Å². The van der Waals surface area contributed by atoms with Crippen LogP contribution < -0.4 is 0 Å². The summed E-state index contributed by atoms with van der Waals surface area (Å²) in [5.41, 5.74) is 11.6. The molecule has 3 heterocycles. The van der Waals surface area contributed by atoms with Gasteiger partial charge >= 0.3 is 0 Å². The van der Waals surface area contributed by atoms with E-state index in [0.29, 0.717) is 17.5 Å². The van der Waals surface area contributed by atoms with Crippen LogP contribution in [0, 0.1) is 0 Å². The first kappa shape index (κ1) is 34.7. The molecule has 0 spiro atoms. The van der Waals surface area contributed by atoms with Crippen LogP contribution >= 0.6 is 0 Å². The Labute approximate surface area is 351 Å². The summed E-state index contributed by atoms with van der Waals surface area (Å²) in [5.74, 6) is 1.78. The van der Waals surface area contributed by atoms with Crippen LogP contribution in [0.4, 0.5) is 0 Å². The number of benzene rings is 9. The van der Waals surface area contributed by atoms with E-state index < -0.39 is 0 Å². The van der Waals surface area contributed by atoms with Crippen molar-refractivity contribution in [3.63, 3.8) is 0 Å². The second kappa shape index (κ2) is 14.2. The molecular weight excluding hydrogens is 745 g/mol. The summed E-state index contributed by atoms with van der Waals surface area (Å²) in [5, 5.41) is 7.98. The van der Waals surface area contributed by atoms with Gasteiger partial charge in [0.25, 0.3) is 0 Å². The third-order valence-electron chi connectivity index (χ3n) is 11.7. The van der Waals surface area contributed by atoms with Gasteiger partial charge in [-0.2, -0.15) is 0 Å². The molecule has 0 saturated heterocycles. The van der Waals surface area contributed by atoms with Crippen molar-refractivity contribution in [1.29, 1.82) is 0 Å². The van der Waals surface area contributed by atoms with E-state index in [1.807, 2.05) is 42.5 Å². The van der Waals surface area contributed by atoms with Crippen molar-refractivity contribution in [2.24, 2.45) is 0 Å². The second-order valence-electron chi connectivity index (χ2n) is 15.4. The molecule has 0 aliphatic carbocycles. The van der Waals surface area contributed by atoms with Crippen molar-refractivity contribution in [1.82, 2.24) is 19.9 Å². The Hall–Kier alpha value is -8.28. The lowest BCUT2D eigenvalue weighted by molar-refractivity contribution is 0.672. The third-order valence-corrected chi connectivity index (χ3v) is 11.7. The Morgan fingerprint density at radius 3 is 1.59 bits per heavy atom. The predicted molar refractivity (Wildman–Crippen MR) is 250 cm³/mol. The van der Waals surface area contributed by atoms with Crippen LogP contribution in [0.15, 0.2) is 211 Å². The fourth-order valence-electron chi connectivity index (χ4n) is 8.63. The summed E-state index contributed by atoms with van der Waals surface area (Å²) >= 11 is 0. The van der Waals surface area contributed by atoms with Gasteiger partial charge in [0.2, 0.25) is 0 Å². The van der Waals surface area contributed by atoms with Gasteiger partial charge < -0.3 is 4.42 Å². The minimum atomic E-state index is 0.578. The molecule has 12 rings (SSSR count). The van der Waals surface area contributed by atoms with Crippen LogP contribution in [0.1, 0.15) is 0 Å². The zero-order valence-electron chi connectivity index (χ0n) is 32.8. The first-order chi connectivity index (χ1) is 30.2. The molecule has 0 N–H and O–H groups in total. The normalized spacial score (nSPS) is 11.6. The summed E-state index contributed by atoms with van der Waals surface area (Å²) in [6.07, 6.45) is 0. The van der Waals surface area contributed by atoms with Gasteiger partial charge in [-0.15, -0.1) is 0 Å². The zero-order valence-corrected chi connectivity index (χ0v) is 32.8. The molecule has 0 bridgehead atoms. The Morgan fingerprint density at radius 2 is 0.820 bits per heavy atom. The van der Waals surface area contributed by atoms with E-state index in [9.17, 15) is 0 Å². The van der Waals surface area contributed by atoms with Crippen LogP contribution in [0.25, 0.3) is 122 Å². The smallest absolute Gasteiger partial charge is 0.164 e. The van der Waals surface area contributed by atoms with Crippen LogP contribution in [0.2, 0.25) is 0 Å². The molecule has 284 valence electrons. The third kappa shape index (κ3) is 6.10. The highest BCUT2D eigenvalue weighted by atomic mass is 16.3. The highest BCUT2D eigenvalue weighted by molar-refractivity contribution is 6.19. The van der Waals surface area contributed by atoms with Crippen LogP contribution in [0.3, 0.4) is 0 Å². The highest BCUT2D eigenvalue weighted by Gasteiger charge is 2.19. The van der Waals surface area contributed by atoms with Gasteiger partial charge in [-0.3, -0.25) is 0 Å². The fourth-order valence-corrected chi connectivity index (χ4v) is 8.63. The molecule has 5 heteroatoms. The van der Waals surface area contributed by atoms with E-state index in [2.05, 4.69) is 164 Å². The van der Waals surface area contributed by atoms with Gasteiger partial charge in [0, 0.05) is 33.0 Å². The molecular formula is C56H34N4O. The molecule has 0 atom stereocenters. The quantitative estimate of drug-likeness (QED) is 0.157. The fraction of sp³-hybridized carbons (Fsp3) is 0. The molecule has 3 aromatic heterocycles. The van der Waals surface area contributed by atoms with Crippen molar-refractivity contribution in [3.05, 3.63) is 206 Å². The molecule has 0 unspecified atom stereocenters. The summed E-state index contributed by atoms with van der Waals surface area (Å²) in [6, 6.07) is 71.7. The summed E-state index contributed by atoms with van der Waals surface area (Å²) in [4.78, 5) is 20.7. The standard InChI is InChI=1S/C56H34N4O/c1-2-11-35(12-3-1)36-21-26-39(27-22-36)54-58-55(40-28-23-37(24-29-40)41-31-32-46-42(33-41)30-25-38-13-4-5-16-45(38)46)60-56(59-54)44-15-10-14-43(34-44)52-51-48-18-7-9-20-50(48)61-53(51)47-17-6-8-19-49(47)57-52/h1-34H. The number of hydrogen-bond donors (Lipinski definition) is 0. The van der Waals surface area contributed by atoms with Gasteiger partial charge in [0.05, 0.1) is 16.6 Å². The average Bonchev–Trinajstić information content (AvgIpc) is 3.74. The Balaban J connectivity index is 0.976. The SMILES string of the molecule is c1ccc(-c2ccc(-c3nc(-c4ccc(-c5ccc6c(ccc7ccccc76)c5)cc4)nc(-c4cccc(-c5nc6ccccc6c6oc7ccccc7c56)c4)n3)cc2)cc1. The van der Waals surface area contributed by atoms with E-state index in [-0.39, 0.29) is 0 Å². The van der Waals surface area contributed by atoms with E-state index in [1.54, 1.807) is 0 Å². The van der Waals surface area contributed by atoms with E-state index in [1.165, 1.54) is 21.5 Å². The van der Waals surface area contributed by atoms with E-state index in [0.717, 1.165) is 83.0 Å². The molecule has 0 amide bonds. The molecule has 0 saturated carbocycles. The van der Waals surface area contributed by atoms with Crippen molar-refractivity contribution in [2.45, 2.75) is 0 Å². The number of fused-ring (bicyclic) bond motifs is 8. The molecule has 12 aromatic rings. The molecule has 9 aromatic carbocycles. The van der Waals surface area contributed by atoms with Crippen molar-refractivity contribution in [2.75, 3.05) is 0 Å². The number of pyridine rings is 1. The van der Waals surface area contributed by atoms with Gasteiger partial charge in [-0.05, 0) is 74.1 Å². The average molecular weight is 779 g/mol. The van der Waals surface area contributed by atoms with Gasteiger partial charge in [-0.25, -0.2) is 19.9 Å². The van der Waals surface area contributed by atoms with Crippen molar-refractivity contribution < 1.29 is 4.42 Å². The number of furan rings is 1. The topological polar surface area (TPSA) is 64.7 Å². The first-order valence-electron chi connectivity index (χ1n) is 20.5. The highest BCUT2D eigenvalue weighted by Crippen LogP contribution is 2.40. The Morgan fingerprint density at radius 1 is 0.295 bits per heavy atom. The maximum absolute atomic E-state index is 6.51. The maximum atomic E-state index is 6.51. The molecule has 5 nitrogen and oxygen atoms in total. The van der Waals surface area contributed by atoms with E-state index in [4.69, 9.17) is 24.4 Å². The first-order valence-corrected chi connectivity index (χ1v) is 20.5. The minimum Gasteiger partial charge on any atom is -0.455 e.